The highest BCUT2D eigenvalue weighted by atomic mass is 19.1. The van der Waals surface area contributed by atoms with Crippen molar-refractivity contribution in [3.63, 3.8) is 0 Å². The van der Waals surface area contributed by atoms with E-state index in [9.17, 15) is 9.18 Å². The average molecular weight is 263 g/mol. The number of aliphatic carboxylic acids is 1. The molecule has 0 aliphatic heterocycles. The Morgan fingerprint density at radius 3 is 2.79 bits per heavy atom. The van der Waals surface area contributed by atoms with Gasteiger partial charge in [-0.15, -0.1) is 0 Å². The molecular weight excluding hydrogens is 245 g/mol. The maximum Gasteiger partial charge on any atom is 0.328 e. The molecule has 1 aliphatic carbocycles. The van der Waals surface area contributed by atoms with Crippen LogP contribution in [0.15, 0.2) is 24.3 Å². The largest absolute Gasteiger partial charge is 0.478 e. The minimum atomic E-state index is -1.03. The predicted molar refractivity (Wildman–Crippen MR) is 73.7 cm³/mol. The van der Waals surface area contributed by atoms with Crippen molar-refractivity contribution in [2.24, 2.45) is 5.92 Å². The van der Waals surface area contributed by atoms with E-state index in [-0.39, 0.29) is 5.82 Å². The number of benzene rings is 1. The molecule has 0 bridgehead atoms. The lowest BCUT2D eigenvalue weighted by Gasteiger charge is -2.28. The van der Waals surface area contributed by atoms with Gasteiger partial charge in [-0.25, -0.2) is 9.18 Å². The van der Waals surface area contributed by atoms with Gasteiger partial charge >= 0.3 is 5.97 Å². The van der Waals surface area contributed by atoms with Crippen molar-refractivity contribution < 1.29 is 14.3 Å². The van der Waals surface area contributed by atoms with Gasteiger partial charge in [0.1, 0.15) is 5.82 Å². The number of carboxylic acids is 1. The molecule has 0 heterocycles. The van der Waals surface area contributed by atoms with Crippen molar-refractivity contribution in [3.8, 4) is 0 Å². The van der Waals surface area contributed by atoms with Crippen LogP contribution in [0.5, 0.6) is 0 Å². The van der Waals surface area contributed by atoms with Gasteiger partial charge in [-0.05, 0) is 50.0 Å². The summed E-state index contributed by atoms with van der Waals surface area (Å²) in [5.41, 5.74) is 1.45. The Balaban J connectivity index is 2.29. The maximum absolute atomic E-state index is 13.3. The number of hydrogen-bond acceptors (Lipinski definition) is 2. The van der Waals surface area contributed by atoms with E-state index in [1.165, 1.54) is 31.1 Å². The van der Waals surface area contributed by atoms with E-state index in [1.807, 2.05) is 7.05 Å². The third-order valence-electron chi connectivity index (χ3n) is 3.69. The Labute approximate surface area is 112 Å². The Morgan fingerprint density at radius 2 is 2.21 bits per heavy atom. The van der Waals surface area contributed by atoms with Crippen LogP contribution in [0.3, 0.4) is 0 Å². The molecule has 1 atom stereocenters. The number of carbonyl (C=O) groups is 1. The zero-order valence-corrected chi connectivity index (χ0v) is 11.1. The van der Waals surface area contributed by atoms with Crippen molar-refractivity contribution in [2.45, 2.75) is 25.8 Å². The van der Waals surface area contributed by atoms with E-state index in [0.717, 1.165) is 11.8 Å². The van der Waals surface area contributed by atoms with Gasteiger partial charge in [0.15, 0.2) is 0 Å². The number of hydrogen-bond donors (Lipinski definition) is 1. The summed E-state index contributed by atoms with van der Waals surface area (Å²) in [6.45, 7) is 2.14. The van der Waals surface area contributed by atoms with Crippen molar-refractivity contribution >= 4 is 17.7 Å². The molecule has 1 aliphatic rings. The predicted octanol–water partition coefficient (Wildman–Crippen LogP) is 3.16. The molecule has 1 aromatic carbocycles. The van der Waals surface area contributed by atoms with Crippen molar-refractivity contribution in [1.82, 2.24) is 0 Å². The molecule has 102 valence electrons. The summed E-state index contributed by atoms with van der Waals surface area (Å²) in [6.07, 6.45) is 4.94. The average Bonchev–Trinajstić information content (AvgIpc) is 3.19. The van der Waals surface area contributed by atoms with Gasteiger partial charge in [0, 0.05) is 30.4 Å². The fourth-order valence-electron chi connectivity index (χ4n) is 2.26. The number of halogens is 1. The second kappa shape index (κ2) is 5.43. The standard InChI is InChI=1S/C15H18FNO2/c1-10(11-3-4-11)17(2)14-7-6-13(16)9-12(14)5-8-15(18)19/h5-11H,3-4H2,1-2H3,(H,18,19)/b8-5+. The molecule has 0 aromatic heterocycles. The summed E-state index contributed by atoms with van der Waals surface area (Å²) in [7, 11) is 1.97. The van der Waals surface area contributed by atoms with Crippen LogP contribution in [0.25, 0.3) is 6.08 Å². The van der Waals surface area contributed by atoms with Crippen LogP contribution in [-0.4, -0.2) is 24.2 Å². The second-order valence-electron chi connectivity index (χ2n) is 5.06. The molecule has 0 saturated heterocycles. The van der Waals surface area contributed by atoms with E-state index >= 15 is 0 Å². The van der Waals surface area contributed by atoms with E-state index in [1.54, 1.807) is 6.07 Å². The number of anilines is 1. The van der Waals surface area contributed by atoms with Crippen LogP contribution in [0.4, 0.5) is 10.1 Å². The zero-order valence-electron chi connectivity index (χ0n) is 11.1. The monoisotopic (exact) mass is 263 g/mol. The van der Waals surface area contributed by atoms with Gasteiger partial charge in [0.05, 0.1) is 0 Å². The van der Waals surface area contributed by atoms with Crippen molar-refractivity contribution in [1.29, 1.82) is 0 Å². The molecule has 1 N–H and O–H groups in total. The van der Waals surface area contributed by atoms with E-state index in [4.69, 9.17) is 5.11 Å². The molecule has 2 rings (SSSR count). The highest BCUT2D eigenvalue weighted by Gasteiger charge is 2.31. The minimum Gasteiger partial charge on any atom is -0.478 e. The molecule has 1 aromatic rings. The fourth-order valence-corrected chi connectivity index (χ4v) is 2.26. The topological polar surface area (TPSA) is 40.5 Å². The molecule has 19 heavy (non-hydrogen) atoms. The normalized spacial score (nSPS) is 16.6. The smallest absolute Gasteiger partial charge is 0.328 e. The first kappa shape index (κ1) is 13.6. The van der Waals surface area contributed by atoms with Gasteiger partial charge in [0.2, 0.25) is 0 Å². The van der Waals surface area contributed by atoms with E-state index < -0.39 is 5.97 Å². The first-order valence-electron chi connectivity index (χ1n) is 6.42. The van der Waals surface area contributed by atoms with Gasteiger partial charge in [-0.1, -0.05) is 0 Å². The fraction of sp³-hybridized carbons (Fsp3) is 0.400. The Kier molecular flexibility index (Phi) is 3.88. The lowest BCUT2D eigenvalue weighted by Crippen LogP contribution is -2.31. The molecule has 0 spiro atoms. The Hall–Kier alpha value is -1.84. The minimum absolute atomic E-state index is 0.360. The lowest BCUT2D eigenvalue weighted by molar-refractivity contribution is -0.131. The Morgan fingerprint density at radius 1 is 1.53 bits per heavy atom. The third-order valence-corrected chi connectivity index (χ3v) is 3.69. The zero-order chi connectivity index (χ0) is 14.0. The Bertz CT molecular complexity index is 509. The summed E-state index contributed by atoms with van der Waals surface area (Å²) in [5, 5.41) is 8.69. The molecule has 1 saturated carbocycles. The van der Waals surface area contributed by atoms with Crippen LogP contribution in [0.1, 0.15) is 25.3 Å². The van der Waals surface area contributed by atoms with Gasteiger partial charge in [-0.2, -0.15) is 0 Å². The van der Waals surface area contributed by atoms with Crippen LogP contribution < -0.4 is 4.90 Å². The molecule has 1 fully saturated rings. The highest BCUT2D eigenvalue weighted by molar-refractivity contribution is 5.87. The molecule has 0 amide bonds. The molecular formula is C15H18FNO2. The van der Waals surface area contributed by atoms with Crippen molar-refractivity contribution in [2.75, 3.05) is 11.9 Å². The van der Waals surface area contributed by atoms with Crippen LogP contribution >= 0.6 is 0 Å². The summed E-state index contributed by atoms with van der Waals surface area (Å²) >= 11 is 0. The first-order chi connectivity index (χ1) is 8.99. The summed E-state index contributed by atoms with van der Waals surface area (Å²) in [4.78, 5) is 12.7. The number of rotatable bonds is 5. The summed E-state index contributed by atoms with van der Waals surface area (Å²) < 4.78 is 13.3. The van der Waals surface area contributed by atoms with Gasteiger partial charge in [-0.3, -0.25) is 0 Å². The molecule has 4 heteroatoms. The van der Waals surface area contributed by atoms with Gasteiger partial charge in [0.25, 0.3) is 0 Å². The van der Waals surface area contributed by atoms with Gasteiger partial charge < -0.3 is 10.0 Å². The summed E-state index contributed by atoms with van der Waals surface area (Å²) in [6, 6.07) is 4.85. The number of nitrogens with zero attached hydrogens (tertiary/aromatic N) is 1. The molecule has 1 unspecified atom stereocenters. The van der Waals surface area contributed by atoms with E-state index in [0.29, 0.717) is 17.5 Å². The third kappa shape index (κ3) is 3.34. The SMILES string of the molecule is CC(C1CC1)N(C)c1ccc(F)cc1/C=C/C(=O)O. The number of carboxylic acid groups (broad SMARTS) is 1. The lowest BCUT2D eigenvalue weighted by atomic mass is 10.1. The quantitative estimate of drug-likeness (QED) is 0.830. The van der Waals surface area contributed by atoms with E-state index in [2.05, 4.69) is 11.8 Å². The maximum atomic E-state index is 13.3. The second-order valence-corrected chi connectivity index (χ2v) is 5.06. The first-order valence-corrected chi connectivity index (χ1v) is 6.42. The summed E-state index contributed by atoms with van der Waals surface area (Å²) in [5.74, 6) is -0.708. The van der Waals surface area contributed by atoms with Crippen LogP contribution in [-0.2, 0) is 4.79 Å². The van der Waals surface area contributed by atoms with Crippen LogP contribution in [0.2, 0.25) is 0 Å². The molecule has 0 radical (unpaired) electrons. The van der Waals surface area contributed by atoms with Crippen molar-refractivity contribution in [3.05, 3.63) is 35.7 Å². The van der Waals surface area contributed by atoms with Crippen LogP contribution in [0, 0.1) is 11.7 Å². The highest BCUT2D eigenvalue weighted by Crippen LogP contribution is 2.37. The molecule has 3 nitrogen and oxygen atoms in total.